The van der Waals surface area contributed by atoms with Gasteiger partial charge in [0.2, 0.25) is 5.95 Å². The van der Waals surface area contributed by atoms with E-state index < -0.39 is 11.9 Å². The summed E-state index contributed by atoms with van der Waals surface area (Å²) in [6, 6.07) is 11.3. The summed E-state index contributed by atoms with van der Waals surface area (Å²) in [6.07, 6.45) is 3.56. The van der Waals surface area contributed by atoms with Gasteiger partial charge in [0.25, 0.3) is 0 Å². The number of benzene rings is 2. The maximum absolute atomic E-state index is 14.8. The third-order valence-corrected chi connectivity index (χ3v) is 6.02. The molecule has 0 saturated heterocycles. The van der Waals surface area contributed by atoms with Crippen LogP contribution in [0.15, 0.2) is 53.7 Å². The van der Waals surface area contributed by atoms with Gasteiger partial charge in [-0.25, -0.2) is 19.2 Å². The van der Waals surface area contributed by atoms with Crippen molar-refractivity contribution < 1.29 is 9.13 Å². The quantitative estimate of drug-likeness (QED) is 0.417. The number of halogens is 1. The standard InChI is InChI=1S/C23H16FN7O2/c1-29-18-11-26-22(30-12-27-15-6-5-13(10-25)9-17(15)30)28-21(18)31(23(29)32)16-7-8-33-19-4-2-3-14(24)20(16)19/h2-6,9,11-12,16H,7-8H2,1H3/t16-/m1/s1. The summed E-state index contributed by atoms with van der Waals surface area (Å²) in [6.45, 7) is 0.352. The molecule has 1 atom stereocenters. The minimum absolute atomic E-state index is 0.292. The Balaban J connectivity index is 1.60. The number of nitrogens with zero attached hydrogens (tertiary/aromatic N) is 7. The molecule has 0 saturated carbocycles. The molecule has 0 fully saturated rings. The molecule has 0 spiro atoms. The van der Waals surface area contributed by atoms with Crippen molar-refractivity contribution in [1.82, 2.24) is 28.7 Å². The second-order valence-electron chi connectivity index (χ2n) is 7.82. The summed E-state index contributed by atoms with van der Waals surface area (Å²) in [5.41, 5.74) is 2.76. The zero-order valence-electron chi connectivity index (χ0n) is 17.4. The number of fused-ring (bicyclic) bond motifs is 3. The third kappa shape index (κ3) is 2.75. The number of imidazole rings is 2. The van der Waals surface area contributed by atoms with Gasteiger partial charge in [-0.05, 0) is 30.3 Å². The molecule has 162 valence electrons. The van der Waals surface area contributed by atoms with Crippen LogP contribution in [0.3, 0.4) is 0 Å². The van der Waals surface area contributed by atoms with Crippen molar-refractivity contribution in [3.8, 4) is 17.8 Å². The second-order valence-corrected chi connectivity index (χ2v) is 7.82. The highest BCUT2D eigenvalue weighted by molar-refractivity contribution is 5.79. The SMILES string of the molecule is Cn1c(=O)n([C@@H]2CCOc3cccc(F)c32)c2nc(-n3cnc4ccc(C#N)cc43)ncc21. The lowest BCUT2D eigenvalue weighted by molar-refractivity contribution is 0.250. The summed E-state index contributed by atoms with van der Waals surface area (Å²) in [5, 5.41) is 9.26. The van der Waals surface area contributed by atoms with E-state index >= 15 is 0 Å². The number of aromatic nitrogens is 6. The second kappa shape index (κ2) is 7.00. The van der Waals surface area contributed by atoms with E-state index in [2.05, 4.69) is 16.0 Å². The Morgan fingerprint density at radius 1 is 1.21 bits per heavy atom. The predicted octanol–water partition coefficient (Wildman–Crippen LogP) is 2.85. The molecule has 1 aliphatic rings. The molecule has 33 heavy (non-hydrogen) atoms. The van der Waals surface area contributed by atoms with Gasteiger partial charge in [0.15, 0.2) is 5.65 Å². The maximum Gasteiger partial charge on any atom is 0.330 e. The van der Waals surface area contributed by atoms with Gasteiger partial charge < -0.3 is 4.74 Å². The molecule has 0 bridgehead atoms. The van der Waals surface area contributed by atoms with Crippen molar-refractivity contribution in [1.29, 1.82) is 5.26 Å². The van der Waals surface area contributed by atoms with E-state index in [4.69, 9.17) is 9.72 Å². The van der Waals surface area contributed by atoms with Crippen molar-refractivity contribution >= 4 is 22.2 Å². The first-order valence-electron chi connectivity index (χ1n) is 10.3. The Morgan fingerprint density at radius 3 is 2.94 bits per heavy atom. The van der Waals surface area contributed by atoms with E-state index in [1.54, 1.807) is 54.5 Å². The van der Waals surface area contributed by atoms with Crippen molar-refractivity contribution in [2.45, 2.75) is 12.5 Å². The molecule has 0 amide bonds. The number of hydrogen-bond donors (Lipinski definition) is 0. The molecule has 4 heterocycles. The van der Waals surface area contributed by atoms with E-state index in [1.807, 2.05) is 0 Å². The summed E-state index contributed by atoms with van der Waals surface area (Å²) in [5.74, 6) is 0.286. The average molecular weight is 441 g/mol. The number of aryl methyl sites for hydroxylation is 1. The van der Waals surface area contributed by atoms with Crippen molar-refractivity contribution in [3.63, 3.8) is 0 Å². The van der Waals surface area contributed by atoms with Crippen molar-refractivity contribution in [2.24, 2.45) is 7.05 Å². The highest BCUT2D eigenvalue weighted by Gasteiger charge is 2.30. The minimum atomic E-state index is -0.571. The van der Waals surface area contributed by atoms with Gasteiger partial charge in [0.1, 0.15) is 23.4 Å². The van der Waals surface area contributed by atoms with E-state index in [1.165, 1.54) is 15.2 Å². The number of ether oxygens (including phenoxy) is 1. The van der Waals surface area contributed by atoms with Crippen LogP contribution >= 0.6 is 0 Å². The first-order valence-corrected chi connectivity index (χ1v) is 10.3. The Hall–Kier alpha value is -4.52. The molecule has 1 aliphatic heterocycles. The Labute approximate surface area is 185 Å². The zero-order valence-corrected chi connectivity index (χ0v) is 17.4. The van der Waals surface area contributed by atoms with E-state index in [0.29, 0.717) is 58.0 Å². The lowest BCUT2D eigenvalue weighted by Gasteiger charge is -2.27. The van der Waals surface area contributed by atoms with Gasteiger partial charge in [0.05, 0.1) is 47.1 Å². The van der Waals surface area contributed by atoms with Gasteiger partial charge in [-0.1, -0.05) is 6.07 Å². The molecule has 6 rings (SSSR count). The van der Waals surface area contributed by atoms with Crippen LogP contribution in [0.2, 0.25) is 0 Å². The van der Waals surface area contributed by atoms with E-state index in [0.717, 1.165) is 0 Å². The Morgan fingerprint density at radius 2 is 2.09 bits per heavy atom. The zero-order chi connectivity index (χ0) is 22.7. The highest BCUT2D eigenvalue weighted by Crippen LogP contribution is 2.37. The summed E-state index contributed by atoms with van der Waals surface area (Å²) in [4.78, 5) is 26.7. The van der Waals surface area contributed by atoms with E-state index in [-0.39, 0.29) is 5.69 Å². The number of rotatable bonds is 2. The van der Waals surface area contributed by atoms with Crippen LogP contribution < -0.4 is 10.4 Å². The fraction of sp³-hybridized carbons (Fsp3) is 0.174. The third-order valence-electron chi connectivity index (χ3n) is 6.02. The highest BCUT2D eigenvalue weighted by atomic mass is 19.1. The summed E-state index contributed by atoms with van der Waals surface area (Å²) >= 11 is 0. The maximum atomic E-state index is 14.8. The number of hydrogen-bond acceptors (Lipinski definition) is 6. The molecule has 9 nitrogen and oxygen atoms in total. The molecule has 0 N–H and O–H groups in total. The van der Waals surface area contributed by atoms with Gasteiger partial charge in [-0.15, -0.1) is 0 Å². The molecule has 0 radical (unpaired) electrons. The first-order chi connectivity index (χ1) is 16.1. The first kappa shape index (κ1) is 19.2. The Kier molecular flexibility index (Phi) is 4.07. The van der Waals surface area contributed by atoms with Crippen molar-refractivity contribution in [3.05, 3.63) is 76.4 Å². The predicted molar refractivity (Wildman–Crippen MR) is 117 cm³/mol. The molecule has 2 aromatic carbocycles. The minimum Gasteiger partial charge on any atom is -0.493 e. The fourth-order valence-electron chi connectivity index (χ4n) is 4.41. The molecular weight excluding hydrogens is 425 g/mol. The summed E-state index contributed by atoms with van der Waals surface area (Å²) < 4.78 is 25.1. The lowest BCUT2D eigenvalue weighted by atomic mass is 9.99. The lowest BCUT2D eigenvalue weighted by Crippen LogP contribution is -2.31. The molecule has 3 aromatic heterocycles. The monoisotopic (exact) mass is 441 g/mol. The smallest absolute Gasteiger partial charge is 0.330 e. The normalized spacial score (nSPS) is 15.4. The van der Waals surface area contributed by atoms with Crippen LogP contribution in [0, 0.1) is 17.1 Å². The van der Waals surface area contributed by atoms with Crippen LogP contribution in [0.1, 0.15) is 23.6 Å². The topological polar surface area (TPSA) is 104 Å². The van der Waals surface area contributed by atoms with Gasteiger partial charge in [-0.3, -0.25) is 13.7 Å². The van der Waals surface area contributed by atoms with Crippen LogP contribution in [0.4, 0.5) is 4.39 Å². The van der Waals surface area contributed by atoms with Crippen LogP contribution in [0.25, 0.3) is 28.1 Å². The Bertz CT molecular complexity index is 1670. The van der Waals surface area contributed by atoms with E-state index in [9.17, 15) is 14.4 Å². The molecule has 10 heteroatoms. The van der Waals surface area contributed by atoms with Crippen molar-refractivity contribution in [2.75, 3.05) is 6.61 Å². The van der Waals surface area contributed by atoms with Crippen LogP contribution in [-0.2, 0) is 7.05 Å². The molecular formula is C23H16FN7O2. The summed E-state index contributed by atoms with van der Waals surface area (Å²) in [7, 11) is 1.64. The number of nitriles is 1. The fourth-order valence-corrected chi connectivity index (χ4v) is 4.41. The van der Waals surface area contributed by atoms with Gasteiger partial charge >= 0.3 is 5.69 Å². The molecule has 0 unspecified atom stereocenters. The van der Waals surface area contributed by atoms with Crippen LogP contribution in [-0.4, -0.2) is 35.3 Å². The van der Waals surface area contributed by atoms with Gasteiger partial charge in [-0.2, -0.15) is 10.2 Å². The average Bonchev–Trinajstić information content (AvgIpc) is 3.37. The molecule has 5 aromatic rings. The molecule has 0 aliphatic carbocycles. The van der Waals surface area contributed by atoms with Crippen LogP contribution in [0.5, 0.6) is 5.75 Å². The largest absolute Gasteiger partial charge is 0.493 e. The van der Waals surface area contributed by atoms with Gasteiger partial charge in [0, 0.05) is 13.5 Å².